The summed E-state index contributed by atoms with van der Waals surface area (Å²) >= 11 is 0. The van der Waals surface area contributed by atoms with Crippen LogP contribution in [0.25, 0.3) is 0 Å². The summed E-state index contributed by atoms with van der Waals surface area (Å²) in [6.45, 7) is 0.480. The zero-order chi connectivity index (χ0) is 12.3. The zero-order valence-electron chi connectivity index (χ0n) is 9.15. The molecule has 0 bridgehead atoms. The molecule has 0 aliphatic rings. The Kier molecular flexibility index (Phi) is 3.09. The van der Waals surface area contributed by atoms with E-state index in [1.54, 1.807) is 18.2 Å². The predicted octanol–water partition coefficient (Wildman–Crippen LogP) is 2.00. The van der Waals surface area contributed by atoms with Crippen molar-refractivity contribution in [3.8, 4) is 0 Å². The van der Waals surface area contributed by atoms with E-state index in [-0.39, 0.29) is 11.6 Å². The first-order valence-electron chi connectivity index (χ1n) is 5.15. The van der Waals surface area contributed by atoms with Gasteiger partial charge in [0, 0.05) is 6.54 Å². The summed E-state index contributed by atoms with van der Waals surface area (Å²) in [4.78, 5) is 4.06. The first-order valence-corrected chi connectivity index (χ1v) is 5.15. The summed E-state index contributed by atoms with van der Waals surface area (Å²) in [5, 5.41) is 3.04. The number of hydrogen-bond donors (Lipinski definition) is 3. The molecule has 0 amide bonds. The molecule has 17 heavy (non-hydrogen) atoms. The van der Waals surface area contributed by atoms with Crippen LogP contribution in [0.3, 0.4) is 0 Å². The van der Waals surface area contributed by atoms with Crippen molar-refractivity contribution in [2.24, 2.45) is 0 Å². The highest BCUT2D eigenvalue weighted by Crippen LogP contribution is 2.15. The third-order valence-electron chi connectivity index (χ3n) is 2.32. The quantitative estimate of drug-likeness (QED) is 0.756. The second kappa shape index (κ2) is 4.69. The first kappa shape index (κ1) is 11.2. The van der Waals surface area contributed by atoms with Crippen LogP contribution in [0, 0.1) is 5.82 Å². The SMILES string of the molecule is Nc1ccc(NCc2cccc(F)c2)nc1N. The summed E-state index contributed by atoms with van der Waals surface area (Å²) in [5.41, 5.74) is 12.4. The fourth-order valence-electron chi connectivity index (χ4n) is 1.42. The largest absolute Gasteiger partial charge is 0.396 e. The third-order valence-corrected chi connectivity index (χ3v) is 2.32. The lowest BCUT2D eigenvalue weighted by Gasteiger charge is -2.07. The molecule has 0 saturated heterocycles. The van der Waals surface area contributed by atoms with Crippen LogP contribution in [0.2, 0.25) is 0 Å². The molecule has 0 aliphatic carbocycles. The molecule has 1 heterocycles. The van der Waals surface area contributed by atoms with E-state index in [4.69, 9.17) is 11.5 Å². The maximum absolute atomic E-state index is 12.9. The van der Waals surface area contributed by atoms with Crippen LogP contribution in [-0.4, -0.2) is 4.98 Å². The van der Waals surface area contributed by atoms with Gasteiger partial charge in [-0.15, -0.1) is 0 Å². The number of aromatic nitrogens is 1. The van der Waals surface area contributed by atoms with E-state index in [1.165, 1.54) is 12.1 Å². The van der Waals surface area contributed by atoms with E-state index < -0.39 is 0 Å². The summed E-state index contributed by atoms with van der Waals surface area (Å²) < 4.78 is 12.9. The van der Waals surface area contributed by atoms with Crippen molar-refractivity contribution in [1.29, 1.82) is 0 Å². The molecule has 0 atom stereocenters. The Balaban J connectivity index is 2.05. The lowest BCUT2D eigenvalue weighted by molar-refractivity contribution is 0.626. The molecule has 4 nitrogen and oxygen atoms in total. The summed E-state index contributed by atoms with van der Waals surface area (Å²) in [6, 6.07) is 9.77. The van der Waals surface area contributed by atoms with Crippen LogP contribution in [-0.2, 0) is 6.54 Å². The fourth-order valence-corrected chi connectivity index (χ4v) is 1.42. The number of nitrogens with zero attached hydrogens (tertiary/aromatic N) is 1. The zero-order valence-corrected chi connectivity index (χ0v) is 9.15. The Bertz CT molecular complexity index is 528. The predicted molar refractivity (Wildman–Crippen MR) is 66.8 cm³/mol. The number of anilines is 3. The Morgan fingerprint density at radius 3 is 2.71 bits per heavy atom. The van der Waals surface area contributed by atoms with E-state index in [0.29, 0.717) is 18.1 Å². The minimum atomic E-state index is -0.255. The molecule has 0 radical (unpaired) electrons. The lowest BCUT2D eigenvalue weighted by atomic mass is 10.2. The van der Waals surface area contributed by atoms with Crippen molar-refractivity contribution < 1.29 is 4.39 Å². The van der Waals surface area contributed by atoms with Gasteiger partial charge in [-0.3, -0.25) is 0 Å². The summed E-state index contributed by atoms with van der Waals surface area (Å²) in [6.07, 6.45) is 0. The normalized spacial score (nSPS) is 10.2. The molecule has 1 aromatic heterocycles. The van der Waals surface area contributed by atoms with Crippen molar-refractivity contribution in [3.63, 3.8) is 0 Å². The molecule has 0 unspecified atom stereocenters. The smallest absolute Gasteiger partial charge is 0.149 e. The molecule has 0 spiro atoms. The highest BCUT2D eigenvalue weighted by molar-refractivity contribution is 5.61. The monoisotopic (exact) mass is 232 g/mol. The molecule has 0 aliphatic heterocycles. The third kappa shape index (κ3) is 2.84. The topological polar surface area (TPSA) is 77.0 Å². The molecule has 2 rings (SSSR count). The second-order valence-corrected chi connectivity index (χ2v) is 3.65. The minimum absolute atomic E-state index is 0.255. The molecule has 1 aromatic carbocycles. The van der Waals surface area contributed by atoms with Crippen molar-refractivity contribution in [2.45, 2.75) is 6.54 Å². The van der Waals surface area contributed by atoms with Crippen LogP contribution in [0.4, 0.5) is 21.7 Å². The van der Waals surface area contributed by atoms with Gasteiger partial charge in [-0.1, -0.05) is 12.1 Å². The number of halogens is 1. The molecule has 88 valence electrons. The Morgan fingerprint density at radius 1 is 1.18 bits per heavy atom. The number of pyridine rings is 1. The minimum Gasteiger partial charge on any atom is -0.396 e. The first-order chi connectivity index (χ1) is 8.15. The molecule has 0 fully saturated rings. The number of benzene rings is 1. The van der Waals surface area contributed by atoms with Gasteiger partial charge in [-0.05, 0) is 29.8 Å². The van der Waals surface area contributed by atoms with E-state index >= 15 is 0 Å². The Labute approximate surface area is 98.5 Å². The van der Waals surface area contributed by atoms with Gasteiger partial charge in [0.1, 0.15) is 17.5 Å². The van der Waals surface area contributed by atoms with Gasteiger partial charge in [-0.25, -0.2) is 9.37 Å². The fraction of sp³-hybridized carbons (Fsp3) is 0.0833. The number of hydrogen-bond acceptors (Lipinski definition) is 4. The van der Waals surface area contributed by atoms with Crippen LogP contribution >= 0.6 is 0 Å². The van der Waals surface area contributed by atoms with Gasteiger partial charge in [0.15, 0.2) is 0 Å². The Morgan fingerprint density at radius 2 is 2.00 bits per heavy atom. The Hall–Kier alpha value is -2.30. The van der Waals surface area contributed by atoms with Gasteiger partial charge >= 0.3 is 0 Å². The van der Waals surface area contributed by atoms with Crippen molar-refractivity contribution in [1.82, 2.24) is 4.98 Å². The summed E-state index contributed by atoms with van der Waals surface area (Å²) in [5.74, 6) is 0.643. The van der Waals surface area contributed by atoms with Gasteiger partial charge in [0.05, 0.1) is 5.69 Å². The van der Waals surface area contributed by atoms with Crippen LogP contribution < -0.4 is 16.8 Å². The summed E-state index contributed by atoms with van der Waals surface area (Å²) in [7, 11) is 0. The molecular formula is C12H13FN4. The number of rotatable bonds is 3. The van der Waals surface area contributed by atoms with E-state index in [9.17, 15) is 4.39 Å². The highest BCUT2D eigenvalue weighted by atomic mass is 19.1. The maximum Gasteiger partial charge on any atom is 0.149 e. The van der Waals surface area contributed by atoms with Gasteiger partial charge < -0.3 is 16.8 Å². The number of nitrogens with two attached hydrogens (primary N) is 2. The molecule has 5 heteroatoms. The lowest BCUT2D eigenvalue weighted by Crippen LogP contribution is -2.04. The van der Waals surface area contributed by atoms with Crippen molar-refractivity contribution in [3.05, 3.63) is 47.8 Å². The maximum atomic E-state index is 12.9. The van der Waals surface area contributed by atoms with E-state index in [1.807, 2.05) is 6.07 Å². The standard InChI is InChI=1S/C12H13FN4/c13-9-3-1-2-8(6-9)7-16-11-5-4-10(14)12(15)17-11/h1-6H,7,14H2,(H3,15,16,17). The van der Waals surface area contributed by atoms with Crippen LogP contribution in [0.15, 0.2) is 36.4 Å². The van der Waals surface area contributed by atoms with Crippen molar-refractivity contribution >= 4 is 17.3 Å². The average Bonchev–Trinajstić information content (AvgIpc) is 2.31. The van der Waals surface area contributed by atoms with Crippen LogP contribution in [0.5, 0.6) is 0 Å². The highest BCUT2D eigenvalue weighted by Gasteiger charge is 1.99. The molecule has 5 N–H and O–H groups in total. The number of nitrogens with one attached hydrogen (secondary N) is 1. The van der Waals surface area contributed by atoms with Crippen molar-refractivity contribution in [2.75, 3.05) is 16.8 Å². The van der Waals surface area contributed by atoms with E-state index in [0.717, 1.165) is 5.56 Å². The van der Waals surface area contributed by atoms with Crippen LogP contribution in [0.1, 0.15) is 5.56 Å². The molecule has 2 aromatic rings. The number of nitrogen functional groups attached to an aromatic ring is 2. The second-order valence-electron chi connectivity index (χ2n) is 3.65. The molecular weight excluding hydrogens is 219 g/mol. The van der Waals surface area contributed by atoms with Gasteiger partial charge in [0.2, 0.25) is 0 Å². The average molecular weight is 232 g/mol. The molecule has 0 saturated carbocycles. The van der Waals surface area contributed by atoms with Gasteiger partial charge in [-0.2, -0.15) is 0 Å². The van der Waals surface area contributed by atoms with E-state index in [2.05, 4.69) is 10.3 Å². The van der Waals surface area contributed by atoms with Gasteiger partial charge in [0.25, 0.3) is 0 Å².